The van der Waals surface area contributed by atoms with Crippen molar-refractivity contribution in [3.63, 3.8) is 0 Å². The van der Waals surface area contributed by atoms with Gasteiger partial charge in [0, 0.05) is 28.5 Å². The van der Waals surface area contributed by atoms with Gasteiger partial charge >= 0.3 is 5.97 Å². The molecule has 2 aromatic carbocycles. The second kappa shape index (κ2) is 9.76. The number of rotatable bonds is 6. The normalized spacial score (nSPS) is 10.6. The van der Waals surface area contributed by atoms with Gasteiger partial charge in [-0.3, -0.25) is 4.68 Å². The van der Waals surface area contributed by atoms with E-state index in [4.69, 9.17) is 17.0 Å². The SMILES string of the molecule is COC(=O)c1c(NC(=S)Nc2ccc(Cn3cccn3)cc2)sc(C)c1-c1ccccc1. The number of methoxy groups -OCH3 is 1. The van der Waals surface area contributed by atoms with Crippen molar-refractivity contribution in [2.45, 2.75) is 13.5 Å². The quantitative estimate of drug-likeness (QED) is 0.289. The summed E-state index contributed by atoms with van der Waals surface area (Å²) in [5, 5.41) is 11.6. The lowest BCUT2D eigenvalue weighted by atomic mass is 10.0. The number of carbonyl (C=O) groups is 1. The Labute approximate surface area is 195 Å². The van der Waals surface area contributed by atoms with Crippen LogP contribution >= 0.6 is 23.6 Å². The van der Waals surface area contributed by atoms with Crippen LogP contribution in [0, 0.1) is 6.92 Å². The van der Waals surface area contributed by atoms with Crippen molar-refractivity contribution in [1.29, 1.82) is 0 Å². The largest absolute Gasteiger partial charge is 0.465 e. The summed E-state index contributed by atoms with van der Waals surface area (Å²) in [6, 6.07) is 19.7. The lowest BCUT2D eigenvalue weighted by molar-refractivity contribution is 0.0603. The summed E-state index contributed by atoms with van der Waals surface area (Å²) in [4.78, 5) is 13.6. The molecule has 4 rings (SSSR count). The van der Waals surface area contributed by atoms with Gasteiger partial charge in [-0.25, -0.2) is 4.79 Å². The third-order valence-electron chi connectivity index (χ3n) is 4.88. The number of hydrogen-bond donors (Lipinski definition) is 2. The average Bonchev–Trinajstić information content (AvgIpc) is 3.42. The van der Waals surface area contributed by atoms with Crippen LogP contribution in [0.25, 0.3) is 11.1 Å². The number of ether oxygens (including phenoxy) is 1. The van der Waals surface area contributed by atoms with Crippen molar-refractivity contribution < 1.29 is 9.53 Å². The molecule has 2 N–H and O–H groups in total. The van der Waals surface area contributed by atoms with Gasteiger partial charge in [0.25, 0.3) is 0 Å². The third-order valence-corrected chi connectivity index (χ3v) is 6.10. The van der Waals surface area contributed by atoms with Gasteiger partial charge in [-0.2, -0.15) is 5.10 Å². The van der Waals surface area contributed by atoms with Gasteiger partial charge in [-0.15, -0.1) is 11.3 Å². The maximum Gasteiger partial charge on any atom is 0.341 e. The van der Waals surface area contributed by atoms with Crippen molar-refractivity contribution >= 4 is 45.3 Å². The second-order valence-electron chi connectivity index (χ2n) is 7.07. The number of hydrogen-bond acceptors (Lipinski definition) is 5. The molecule has 4 aromatic rings. The second-order valence-corrected chi connectivity index (χ2v) is 8.71. The molecule has 32 heavy (non-hydrogen) atoms. The Hall–Kier alpha value is -3.49. The maximum atomic E-state index is 12.6. The predicted molar refractivity (Wildman–Crippen MR) is 133 cm³/mol. The van der Waals surface area contributed by atoms with Gasteiger partial charge in [0.1, 0.15) is 10.6 Å². The van der Waals surface area contributed by atoms with Crippen LogP contribution < -0.4 is 10.6 Å². The standard InChI is InChI=1S/C24H22N4O2S2/c1-16-20(18-7-4-3-5-8-18)21(23(29)30-2)22(32-16)27-24(31)26-19-11-9-17(10-12-19)15-28-14-6-13-25-28/h3-14H,15H2,1-2H3,(H2,26,27,31). The molecule has 2 heterocycles. The molecule has 0 aliphatic carbocycles. The number of esters is 1. The molecule has 8 heteroatoms. The number of thiophene rings is 1. The van der Waals surface area contributed by atoms with Crippen molar-refractivity contribution in [1.82, 2.24) is 9.78 Å². The molecule has 0 bridgehead atoms. The van der Waals surface area contributed by atoms with Gasteiger partial charge in [0.05, 0.1) is 13.7 Å². The summed E-state index contributed by atoms with van der Waals surface area (Å²) in [7, 11) is 1.38. The molecular formula is C24H22N4O2S2. The van der Waals surface area contributed by atoms with Crippen LogP contribution in [0.5, 0.6) is 0 Å². The van der Waals surface area contributed by atoms with Crippen LogP contribution in [0.4, 0.5) is 10.7 Å². The first-order valence-corrected chi connectivity index (χ1v) is 11.2. The van der Waals surface area contributed by atoms with Crippen LogP contribution in [0.1, 0.15) is 20.8 Å². The fourth-order valence-electron chi connectivity index (χ4n) is 3.42. The fraction of sp³-hybridized carbons (Fsp3) is 0.125. The summed E-state index contributed by atoms with van der Waals surface area (Å²) in [5.74, 6) is -0.401. The number of anilines is 2. The molecule has 0 radical (unpaired) electrons. The zero-order chi connectivity index (χ0) is 22.5. The minimum absolute atomic E-state index is 0.399. The molecule has 0 saturated carbocycles. The Kier molecular flexibility index (Phi) is 6.63. The molecule has 0 saturated heterocycles. The van der Waals surface area contributed by atoms with E-state index in [1.165, 1.54) is 18.4 Å². The van der Waals surface area contributed by atoms with Gasteiger partial charge < -0.3 is 15.4 Å². The van der Waals surface area contributed by atoms with Gasteiger partial charge in [-0.1, -0.05) is 42.5 Å². The number of aromatic nitrogens is 2. The number of nitrogens with zero attached hydrogens (tertiary/aromatic N) is 2. The molecule has 0 fully saturated rings. The van der Waals surface area contributed by atoms with E-state index < -0.39 is 5.97 Å². The molecule has 0 atom stereocenters. The monoisotopic (exact) mass is 462 g/mol. The summed E-state index contributed by atoms with van der Waals surface area (Å²) in [6.07, 6.45) is 3.69. The Morgan fingerprint density at radius 1 is 1.09 bits per heavy atom. The van der Waals surface area contributed by atoms with Crippen molar-refractivity contribution in [2.75, 3.05) is 17.7 Å². The highest BCUT2D eigenvalue weighted by molar-refractivity contribution is 7.80. The molecule has 0 spiro atoms. The van der Waals surface area contributed by atoms with E-state index in [0.29, 0.717) is 22.2 Å². The number of benzene rings is 2. The molecule has 0 aliphatic heterocycles. The molecule has 0 unspecified atom stereocenters. The lowest BCUT2D eigenvalue weighted by Crippen LogP contribution is -2.20. The Bertz CT molecular complexity index is 1220. The Morgan fingerprint density at radius 3 is 2.50 bits per heavy atom. The van der Waals surface area contributed by atoms with Crippen LogP contribution in [0.15, 0.2) is 73.1 Å². The van der Waals surface area contributed by atoms with E-state index in [0.717, 1.165) is 27.3 Å². The Morgan fingerprint density at radius 2 is 1.84 bits per heavy atom. The highest BCUT2D eigenvalue weighted by atomic mass is 32.1. The molecular weight excluding hydrogens is 440 g/mol. The number of carbonyl (C=O) groups excluding carboxylic acids is 1. The van der Waals surface area contributed by atoms with Gasteiger partial charge in [-0.05, 0) is 48.5 Å². The van der Waals surface area contributed by atoms with Gasteiger partial charge in [0.2, 0.25) is 0 Å². The fourth-order valence-corrected chi connectivity index (χ4v) is 4.78. The van der Waals surface area contributed by atoms with Crippen molar-refractivity contribution in [3.8, 4) is 11.1 Å². The van der Waals surface area contributed by atoms with E-state index in [9.17, 15) is 4.79 Å². The topological polar surface area (TPSA) is 68.2 Å². The average molecular weight is 463 g/mol. The van der Waals surface area contributed by atoms with Crippen LogP contribution in [0.3, 0.4) is 0 Å². The van der Waals surface area contributed by atoms with Crippen LogP contribution in [-0.4, -0.2) is 28.0 Å². The zero-order valence-electron chi connectivity index (χ0n) is 17.7. The van der Waals surface area contributed by atoms with E-state index in [2.05, 4.69) is 15.7 Å². The smallest absolute Gasteiger partial charge is 0.341 e. The molecule has 6 nitrogen and oxygen atoms in total. The van der Waals surface area contributed by atoms with Crippen LogP contribution in [0.2, 0.25) is 0 Å². The summed E-state index contributed by atoms with van der Waals surface area (Å²) >= 11 is 6.99. The summed E-state index contributed by atoms with van der Waals surface area (Å²) in [5.41, 5.74) is 4.28. The van der Waals surface area contributed by atoms with Gasteiger partial charge in [0.15, 0.2) is 5.11 Å². The minimum atomic E-state index is -0.401. The first kappa shape index (κ1) is 21.7. The van der Waals surface area contributed by atoms with Crippen LogP contribution in [-0.2, 0) is 11.3 Å². The summed E-state index contributed by atoms with van der Waals surface area (Å²) < 4.78 is 6.93. The molecule has 162 valence electrons. The highest BCUT2D eigenvalue weighted by Gasteiger charge is 2.24. The Balaban J connectivity index is 1.51. The third kappa shape index (κ3) is 4.87. The van der Waals surface area contributed by atoms with E-state index in [1.54, 1.807) is 6.20 Å². The van der Waals surface area contributed by atoms with Crippen molar-refractivity contribution in [3.05, 3.63) is 89.1 Å². The van der Waals surface area contributed by atoms with Crippen molar-refractivity contribution in [2.24, 2.45) is 0 Å². The van der Waals surface area contributed by atoms with E-state index in [-0.39, 0.29) is 0 Å². The molecule has 0 aliphatic rings. The first-order chi connectivity index (χ1) is 15.5. The predicted octanol–water partition coefficient (Wildman–Crippen LogP) is 5.56. The number of aryl methyl sites for hydroxylation is 1. The number of thiocarbonyl (C=S) groups is 1. The first-order valence-electron chi connectivity index (χ1n) is 9.96. The maximum absolute atomic E-state index is 12.6. The highest BCUT2D eigenvalue weighted by Crippen LogP contribution is 2.40. The summed E-state index contributed by atoms with van der Waals surface area (Å²) in [6.45, 7) is 2.69. The van der Waals surface area contributed by atoms with E-state index >= 15 is 0 Å². The zero-order valence-corrected chi connectivity index (χ0v) is 19.3. The molecule has 0 amide bonds. The van der Waals surface area contributed by atoms with E-state index in [1.807, 2.05) is 78.5 Å². The lowest BCUT2D eigenvalue weighted by Gasteiger charge is -2.12. The number of nitrogens with one attached hydrogen (secondary N) is 2. The minimum Gasteiger partial charge on any atom is -0.465 e. The molecule has 2 aromatic heterocycles.